The molecule has 0 fully saturated rings. The summed E-state index contributed by atoms with van der Waals surface area (Å²) in [6.07, 6.45) is 0.0938. The van der Waals surface area contributed by atoms with E-state index in [0.29, 0.717) is 5.56 Å². The number of nitrogens with zero attached hydrogens (tertiary/aromatic N) is 3. The standard InChI is InChI=1S/C31H28Cl2N4O6S/c1-34-31(39)29(18-22-10-4-2-5-11-22)35(20-26-27(32)16-9-17-28(26)33)30(38)21-36(23-12-8-13-24(19-23)37(40)41)44(42,43)25-14-6-3-7-15-25/h2-17,19,29H,18,20-21H2,1H3,(H,34,39)/t29-/m0/s1. The van der Waals surface area contributed by atoms with Gasteiger partial charge in [0, 0.05) is 47.8 Å². The summed E-state index contributed by atoms with van der Waals surface area (Å²) in [6, 6.07) is 25.1. The monoisotopic (exact) mass is 654 g/mol. The van der Waals surface area contributed by atoms with Crippen LogP contribution in [0.2, 0.25) is 10.0 Å². The average Bonchev–Trinajstić information content (AvgIpc) is 3.03. The van der Waals surface area contributed by atoms with Crippen LogP contribution in [0.4, 0.5) is 11.4 Å². The highest BCUT2D eigenvalue weighted by atomic mass is 35.5. The Kier molecular flexibility index (Phi) is 10.6. The third kappa shape index (κ3) is 7.54. The predicted octanol–water partition coefficient (Wildman–Crippen LogP) is 5.48. The number of rotatable bonds is 12. The quantitative estimate of drug-likeness (QED) is 0.159. The second kappa shape index (κ2) is 14.3. The maximum absolute atomic E-state index is 14.3. The Morgan fingerprint density at radius 3 is 2.07 bits per heavy atom. The van der Waals surface area contributed by atoms with Crippen molar-refractivity contribution in [1.29, 1.82) is 0 Å². The molecule has 0 bridgehead atoms. The van der Waals surface area contributed by atoms with Crippen molar-refractivity contribution in [3.05, 3.63) is 134 Å². The first-order valence-electron chi connectivity index (χ1n) is 13.3. The lowest BCUT2D eigenvalue weighted by Gasteiger charge is -2.34. The van der Waals surface area contributed by atoms with Crippen molar-refractivity contribution in [3.63, 3.8) is 0 Å². The van der Waals surface area contributed by atoms with Crippen LogP contribution in [-0.4, -0.2) is 49.7 Å². The molecule has 0 aliphatic heterocycles. The van der Waals surface area contributed by atoms with Gasteiger partial charge in [-0.15, -0.1) is 0 Å². The van der Waals surface area contributed by atoms with Crippen molar-refractivity contribution < 1.29 is 22.9 Å². The number of halogens is 2. The molecule has 0 heterocycles. The normalized spacial score (nSPS) is 11.8. The molecule has 1 atom stereocenters. The topological polar surface area (TPSA) is 130 Å². The summed E-state index contributed by atoms with van der Waals surface area (Å²) in [6.45, 7) is -1.01. The summed E-state index contributed by atoms with van der Waals surface area (Å²) < 4.78 is 28.7. The van der Waals surface area contributed by atoms with Crippen molar-refractivity contribution in [2.24, 2.45) is 0 Å². The number of benzene rings is 4. The number of nitro groups is 1. The first-order valence-corrected chi connectivity index (χ1v) is 15.5. The van der Waals surface area contributed by atoms with E-state index in [-0.39, 0.29) is 39.3 Å². The van der Waals surface area contributed by atoms with E-state index in [9.17, 15) is 28.1 Å². The molecular formula is C31H28Cl2N4O6S. The third-order valence-electron chi connectivity index (χ3n) is 6.85. The van der Waals surface area contributed by atoms with Crippen LogP contribution in [0.25, 0.3) is 0 Å². The molecule has 2 amide bonds. The molecule has 0 aliphatic carbocycles. The highest BCUT2D eigenvalue weighted by Gasteiger charge is 2.35. The zero-order chi connectivity index (χ0) is 31.9. The Morgan fingerprint density at radius 2 is 1.48 bits per heavy atom. The van der Waals surface area contributed by atoms with Crippen molar-refractivity contribution in [3.8, 4) is 0 Å². The Labute approximate surface area is 265 Å². The second-order valence-electron chi connectivity index (χ2n) is 9.64. The van der Waals surface area contributed by atoms with Crippen molar-refractivity contribution in [2.45, 2.75) is 23.9 Å². The van der Waals surface area contributed by atoms with Gasteiger partial charge >= 0.3 is 0 Å². The van der Waals surface area contributed by atoms with E-state index in [1.807, 2.05) is 6.07 Å². The smallest absolute Gasteiger partial charge is 0.271 e. The van der Waals surface area contributed by atoms with Gasteiger partial charge in [-0.1, -0.05) is 83.9 Å². The number of hydrogen-bond acceptors (Lipinski definition) is 6. The van der Waals surface area contributed by atoms with Gasteiger partial charge in [-0.25, -0.2) is 8.42 Å². The van der Waals surface area contributed by atoms with Gasteiger partial charge < -0.3 is 10.2 Å². The minimum absolute atomic E-state index is 0.0938. The Bertz CT molecular complexity index is 1740. The lowest BCUT2D eigenvalue weighted by atomic mass is 10.0. The van der Waals surface area contributed by atoms with Gasteiger partial charge in [0.2, 0.25) is 11.8 Å². The van der Waals surface area contributed by atoms with Gasteiger partial charge in [0.15, 0.2) is 0 Å². The molecule has 0 spiro atoms. The van der Waals surface area contributed by atoms with E-state index in [2.05, 4.69) is 5.32 Å². The van der Waals surface area contributed by atoms with E-state index in [1.165, 1.54) is 54.4 Å². The summed E-state index contributed by atoms with van der Waals surface area (Å²) in [4.78, 5) is 39.7. The molecule has 1 N–H and O–H groups in total. The van der Waals surface area contributed by atoms with E-state index < -0.39 is 39.3 Å². The molecule has 10 nitrogen and oxygen atoms in total. The molecule has 0 saturated carbocycles. The number of likely N-dealkylation sites (N-methyl/N-ethyl adjacent to an activating group) is 1. The zero-order valence-corrected chi connectivity index (χ0v) is 25.8. The van der Waals surface area contributed by atoms with Crippen molar-refractivity contribution >= 4 is 56.4 Å². The first-order chi connectivity index (χ1) is 21.0. The van der Waals surface area contributed by atoms with Gasteiger partial charge in [0.25, 0.3) is 15.7 Å². The number of amides is 2. The van der Waals surface area contributed by atoms with Gasteiger partial charge in [0.1, 0.15) is 12.6 Å². The average molecular weight is 656 g/mol. The molecular weight excluding hydrogens is 627 g/mol. The summed E-state index contributed by atoms with van der Waals surface area (Å²) >= 11 is 12.9. The number of nitro benzene ring substituents is 1. The minimum Gasteiger partial charge on any atom is -0.357 e. The zero-order valence-electron chi connectivity index (χ0n) is 23.5. The van der Waals surface area contributed by atoms with Crippen molar-refractivity contribution in [1.82, 2.24) is 10.2 Å². The van der Waals surface area contributed by atoms with Crippen LogP contribution >= 0.6 is 23.2 Å². The minimum atomic E-state index is -4.41. The third-order valence-corrected chi connectivity index (χ3v) is 9.34. The molecule has 4 aromatic rings. The Morgan fingerprint density at radius 1 is 0.886 bits per heavy atom. The maximum atomic E-state index is 14.3. The highest BCUT2D eigenvalue weighted by molar-refractivity contribution is 7.92. The predicted molar refractivity (Wildman–Crippen MR) is 169 cm³/mol. The van der Waals surface area contributed by atoms with Gasteiger partial charge in [-0.3, -0.25) is 24.0 Å². The molecule has 0 saturated heterocycles. The van der Waals surface area contributed by atoms with Crippen LogP contribution in [0.3, 0.4) is 0 Å². The summed E-state index contributed by atoms with van der Waals surface area (Å²) in [5, 5.41) is 14.6. The number of non-ortho nitro benzene ring substituents is 1. The van der Waals surface area contributed by atoms with Gasteiger partial charge in [0.05, 0.1) is 15.5 Å². The number of sulfonamides is 1. The number of anilines is 1. The van der Waals surface area contributed by atoms with E-state index in [4.69, 9.17) is 23.2 Å². The molecule has 44 heavy (non-hydrogen) atoms. The maximum Gasteiger partial charge on any atom is 0.271 e. The van der Waals surface area contributed by atoms with Crippen LogP contribution in [0.5, 0.6) is 0 Å². The number of hydrogen-bond donors (Lipinski definition) is 1. The molecule has 4 aromatic carbocycles. The molecule has 0 unspecified atom stereocenters. The van der Waals surface area contributed by atoms with E-state index in [0.717, 1.165) is 15.9 Å². The lowest BCUT2D eigenvalue weighted by Crippen LogP contribution is -2.53. The number of carbonyl (C=O) groups excluding carboxylic acids is 2. The van der Waals surface area contributed by atoms with Crippen molar-refractivity contribution in [2.75, 3.05) is 17.9 Å². The Hall–Kier alpha value is -4.45. The largest absolute Gasteiger partial charge is 0.357 e. The molecule has 228 valence electrons. The summed E-state index contributed by atoms with van der Waals surface area (Å²) in [5.74, 6) is -1.27. The molecule has 4 rings (SSSR count). The number of carbonyl (C=O) groups is 2. The van der Waals surface area contributed by atoms with Crippen LogP contribution in [0.1, 0.15) is 11.1 Å². The summed E-state index contributed by atoms with van der Waals surface area (Å²) in [7, 11) is -2.98. The fourth-order valence-corrected chi connectivity index (χ4v) is 6.53. The van der Waals surface area contributed by atoms with Crippen LogP contribution in [0, 0.1) is 10.1 Å². The van der Waals surface area contributed by atoms with Gasteiger partial charge in [-0.2, -0.15) is 0 Å². The molecule has 0 aliphatic rings. The lowest BCUT2D eigenvalue weighted by molar-refractivity contribution is -0.384. The molecule has 13 heteroatoms. The summed E-state index contributed by atoms with van der Waals surface area (Å²) in [5.41, 5.74) is 0.637. The first kappa shape index (κ1) is 32.5. The van der Waals surface area contributed by atoms with E-state index >= 15 is 0 Å². The van der Waals surface area contributed by atoms with Gasteiger partial charge in [-0.05, 0) is 35.9 Å². The van der Waals surface area contributed by atoms with E-state index in [1.54, 1.807) is 48.5 Å². The highest BCUT2D eigenvalue weighted by Crippen LogP contribution is 2.30. The van der Waals surface area contributed by atoms with Crippen LogP contribution in [-0.2, 0) is 32.6 Å². The second-order valence-corrected chi connectivity index (χ2v) is 12.3. The fourth-order valence-electron chi connectivity index (χ4n) is 4.58. The molecule has 0 radical (unpaired) electrons. The number of nitrogens with one attached hydrogen (secondary N) is 1. The fraction of sp³-hybridized carbons (Fsp3) is 0.161. The van der Waals surface area contributed by atoms with Crippen LogP contribution < -0.4 is 9.62 Å². The SMILES string of the molecule is CNC(=O)[C@H](Cc1ccccc1)N(Cc1c(Cl)cccc1Cl)C(=O)CN(c1cccc([N+](=O)[O-])c1)S(=O)(=O)c1ccccc1. The molecule has 0 aromatic heterocycles. The van der Waals surface area contributed by atoms with Crippen LogP contribution in [0.15, 0.2) is 108 Å². The Balaban J connectivity index is 1.84.